The lowest BCUT2D eigenvalue weighted by atomic mass is 9.96. The van der Waals surface area contributed by atoms with E-state index in [4.69, 9.17) is 15.9 Å². The molecule has 0 saturated heterocycles. The molecule has 25 heavy (non-hydrogen) atoms. The highest BCUT2D eigenvalue weighted by atomic mass is 79.9. The molecule has 1 aromatic carbocycles. The van der Waals surface area contributed by atoms with Crippen LogP contribution in [0.1, 0.15) is 45.6 Å². The van der Waals surface area contributed by atoms with Gasteiger partial charge in [0.05, 0.1) is 23.1 Å². The van der Waals surface area contributed by atoms with Gasteiger partial charge >= 0.3 is 0 Å². The molecule has 0 aliphatic rings. The Kier molecular flexibility index (Phi) is 5.86. The standard InChI is InChI=1S/C19H30BrN3OSi/c1-12(9-17(20)24-25(5,6)19(2,3)4)13-7-8-14-16(10-13)23-11-15(21)18(14)22/h7-8,10-12,17H,9,21H2,1-6H3,(H2,22,23). The third-order valence-corrected chi connectivity index (χ3v) is 10.7. The molecule has 0 fully saturated rings. The Hall–Kier alpha value is -1.11. The molecule has 0 aliphatic heterocycles. The number of aromatic nitrogens is 1. The van der Waals surface area contributed by atoms with E-state index in [9.17, 15) is 0 Å². The number of nitrogen functional groups attached to an aromatic ring is 2. The Morgan fingerprint density at radius 2 is 1.88 bits per heavy atom. The zero-order valence-corrected chi connectivity index (χ0v) is 18.6. The number of nitrogens with zero attached hydrogens (tertiary/aromatic N) is 1. The number of fused-ring (bicyclic) bond motifs is 1. The Labute approximate surface area is 160 Å². The van der Waals surface area contributed by atoms with Crippen molar-refractivity contribution in [3.05, 3.63) is 30.0 Å². The lowest BCUT2D eigenvalue weighted by Crippen LogP contribution is -2.42. The van der Waals surface area contributed by atoms with Gasteiger partial charge in [-0.3, -0.25) is 4.98 Å². The maximum absolute atomic E-state index is 6.42. The number of pyridine rings is 1. The van der Waals surface area contributed by atoms with Crippen molar-refractivity contribution in [3.8, 4) is 0 Å². The van der Waals surface area contributed by atoms with Gasteiger partial charge in [0.1, 0.15) is 5.01 Å². The molecule has 138 valence electrons. The van der Waals surface area contributed by atoms with Gasteiger partial charge in [0, 0.05) is 5.39 Å². The number of hydrogen-bond acceptors (Lipinski definition) is 4. The van der Waals surface area contributed by atoms with E-state index in [2.05, 4.69) is 73.8 Å². The number of rotatable bonds is 5. The molecule has 1 aromatic heterocycles. The van der Waals surface area contributed by atoms with E-state index in [1.807, 2.05) is 6.07 Å². The van der Waals surface area contributed by atoms with Crippen LogP contribution in [-0.4, -0.2) is 18.3 Å². The van der Waals surface area contributed by atoms with E-state index in [1.165, 1.54) is 5.56 Å². The summed E-state index contributed by atoms with van der Waals surface area (Å²) in [6.45, 7) is 13.5. The molecule has 2 atom stereocenters. The number of anilines is 2. The molecule has 4 nitrogen and oxygen atoms in total. The summed E-state index contributed by atoms with van der Waals surface area (Å²) >= 11 is 3.74. The first-order valence-electron chi connectivity index (χ1n) is 8.68. The molecule has 1 heterocycles. The molecule has 0 amide bonds. The first-order chi connectivity index (χ1) is 11.4. The third kappa shape index (κ3) is 4.54. The first-order valence-corrected chi connectivity index (χ1v) is 12.5. The SMILES string of the molecule is CC(CC(Br)O[Si](C)(C)C(C)(C)C)c1ccc2c(N)c(N)cnc2c1. The van der Waals surface area contributed by atoms with E-state index in [0.717, 1.165) is 17.3 Å². The Morgan fingerprint density at radius 3 is 2.48 bits per heavy atom. The summed E-state index contributed by atoms with van der Waals surface area (Å²) in [6.07, 6.45) is 2.53. The van der Waals surface area contributed by atoms with Crippen LogP contribution in [0.25, 0.3) is 10.9 Å². The predicted molar refractivity (Wildman–Crippen MR) is 115 cm³/mol. The average Bonchev–Trinajstić information content (AvgIpc) is 2.48. The summed E-state index contributed by atoms with van der Waals surface area (Å²) in [5, 5.41) is 1.15. The van der Waals surface area contributed by atoms with Crippen LogP contribution in [0.2, 0.25) is 18.1 Å². The fourth-order valence-electron chi connectivity index (χ4n) is 2.51. The Bertz CT molecular complexity index is 758. The second kappa shape index (κ2) is 7.25. The van der Waals surface area contributed by atoms with E-state index in [-0.39, 0.29) is 10.1 Å². The zero-order chi connectivity index (χ0) is 19.0. The normalized spacial score (nSPS) is 15.3. The second-order valence-electron chi connectivity index (χ2n) is 8.33. The Balaban J connectivity index is 2.14. The molecule has 4 N–H and O–H groups in total. The van der Waals surface area contributed by atoms with Crippen molar-refractivity contribution in [2.45, 2.75) is 63.2 Å². The van der Waals surface area contributed by atoms with Gasteiger partial charge < -0.3 is 15.9 Å². The monoisotopic (exact) mass is 423 g/mol. The fraction of sp³-hybridized carbons (Fsp3) is 0.526. The lowest BCUT2D eigenvalue weighted by Gasteiger charge is -2.38. The van der Waals surface area contributed by atoms with Gasteiger partial charge in [-0.1, -0.05) is 55.8 Å². The van der Waals surface area contributed by atoms with E-state index in [0.29, 0.717) is 17.3 Å². The van der Waals surface area contributed by atoms with Crippen LogP contribution >= 0.6 is 15.9 Å². The van der Waals surface area contributed by atoms with Crippen molar-refractivity contribution in [1.29, 1.82) is 0 Å². The number of benzene rings is 1. The van der Waals surface area contributed by atoms with Gasteiger partial charge in [-0.15, -0.1) is 0 Å². The third-order valence-electron chi connectivity index (χ3n) is 5.30. The molecule has 2 unspecified atom stereocenters. The summed E-state index contributed by atoms with van der Waals surface area (Å²) in [7, 11) is -1.78. The summed E-state index contributed by atoms with van der Waals surface area (Å²) in [6, 6.07) is 6.22. The van der Waals surface area contributed by atoms with Crippen LogP contribution in [0.3, 0.4) is 0 Å². The highest BCUT2D eigenvalue weighted by molar-refractivity contribution is 9.09. The highest BCUT2D eigenvalue weighted by Gasteiger charge is 2.38. The van der Waals surface area contributed by atoms with Crippen molar-refractivity contribution in [2.75, 3.05) is 11.5 Å². The molecule has 0 saturated carbocycles. The molecule has 2 aromatic rings. The van der Waals surface area contributed by atoms with Gasteiger partial charge in [-0.25, -0.2) is 0 Å². The van der Waals surface area contributed by atoms with Crippen LogP contribution in [-0.2, 0) is 4.43 Å². The summed E-state index contributed by atoms with van der Waals surface area (Å²) < 4.78 is 6.42. The number of hydrogen-bond donors (Lipinski definition) is 2. The molecule has 6 heteroatoms. The summed E-state index contributed by atoms with van der Waals surface area (Å²) in [5.41, 5.74) is 15.1. The predicted octanol–water partition coefficient (Wildman–Crippen LogP) is 5.64. The topological polar surface area (TPSA) is 74.2 Å². The first kappa shape index (κ1) is 20.2. The highest BCUT2D eigenvalue weighted by Crippen LogP contribution is 2.39. The van der Waals surface area contributed by atoms with Gasteiger partial charge in [0.15, 0.2) is 8.32 Å². The molecule has 0 radical (unpaired) electrons. The second-order valence-corrected chi connectivity index (χ2v) is 14.1. The van der Waals surface area contributed by atoms with Crippen LogP contribution in [0.5, 0.6) is 0 Å². The minimum atomic E-state index is -1.78. The van der Waals surface area contributed by atoms with Crippen molar-refractivity contribution in [2.24, 2.45) is 0 Å². The molecular formula is C19H30BrN3OSi. The van der Waals surface area contributed by atoms with Crippen LogP contribution < -0.4 is 11.5 Å². The summed E-state index contributed by atoms with van der Waals surface area (Å²) in [4.78, 5) is 4.41. The van der Waals surface area contributed by atoms with Crippen molar-refractivity contribution < 1.29 is 4.43 Å². The van der Waals surface area contributed by atoms with E-state index < -0.39 is 8.32 Å². The molecular weight excluding hydrogens is 394 g/mol. The molecule has 0 spiro atoms. The lowest BCUT2D eigenvalue weighted by molar-refractivity contribution is 0.249. The van der Waals surface area contributed by atoms with Crippen molar-refractivity contribution in [1.82, 2.24) is 4.98 Å². The van der Waals surface area contributed by atoms with Gasteiger partial charge in [-0.2, -0.15) is 0 Å². The quantitative estimate of drug-likeness (QED) is 0.482. The number of alkyl halides is 1. The molecule has 0 bridgehead atoms. The van der Waals surface area contributed by atoms with Crippen LogP contribution in [0.15, 0.2) is 24.4 Å². The van der Waals surface area contributed by atoms with Crippen molar-refractivity contribution >= 4 is 46.5 Å². The zero-order valence-electron chi connectivity index (χ0n) is 16.1. The van der Waals surface area contributed by atoms with E-state index in [1.54, 1.807) is 6.20 Å². The number of halogens is 1. The summed E-state index contributed by atoms with van der Waals surface area (Å²) in [5.74, 6) is 0.346. The van der Waals surface area contributed by atoms with Gasteiger partial charge in [0.25, 0.3) is 0 Å². The molecule has 2 rings (SSSR count). The van der Waals surface area contributed by atoms with E-state index >= 15 is 0 Å². The van der Waals surface area contributed by atoms with Crippen LogP contribution in [0.4, 0.5) is 11.4 Å². The Morgan fingerprint density at radius 1 is 1.24 bits per heavy atom. The van der Waals surface area contributed by atoms with Crippen molar-refractivity contribution in [3.63, 3.8) is 0 Å². The minimum absolute atomic E-state index is 0.0449. The number of nitrogens with two attached hydrogens (primary N) is 2. The molecule has 0 aliphatic carbocycles. The smallest absolute Gasteiger partial charge is 0.193 e. The van der Waals surface area contributed by atoms with Crippen LogP contribution in [0, 0.1) is 0 Å². The maximum atomic E-state index is 6.42. The maximum Gasteiger partial charge on any atom is 0.193 e. The minimum Gasteiger partial charge on any atom is -0.404 e. The van der Waals surface area contributed by atoms with Gasteiger partial charge in [0.2, 0.25) is 0 Å². The largest absolute Gasteiger partial charge is 0.404 e. The fourth-order valence-corrected chi connectivity index (χ4v) is 5.56. The average molecular weight is 424 g/mol. The van der Waals surface area contributed by atoms with Gasteiger partial charge in [-0.05, 0) is 42.1 Å².